The van der Waals surface area contributed by atoms with Crippen molar-refractivity contribution in [2.45, 2.75) is 45.6 Å². The van der Waals surface area contributed by atoms with Gasteiger partial charge in [0.2, 0.25) is 0 Å². The van der Waals surface area contributed by atoms with Crippen molar-refractivity contribution in [3.8, 4) is 0 Å². The van der Waals surface area contributed by atoms with Crippen LogP contribution in [0.1, 0.15) is 39.5 Å². The molecule has 1 atom stereocenters. The Bertz CT molecular complexity index is 68.0. The van der Waals surface area contributed by atoms with Crippen LogP contribution in [-0.2, 0) is 0 Å². The molecule has 3 N–H and O–H groups in total. The highest BCUT2D eigenvalue weighted by molar-refractivity contribution is 4.65. The van der Waals surface area contributed by atoms with Gasteiger partial charge in [0.15, 0.2) is 0 Å². The Morgan fingerprint density at radius 1 is 1.18 bits per heavy atom. The van der Waals surface area contributed by atoms with E-state index < -0.39 is 0 Å². The first-order valence-electron chi connectivity index (χ1n) is 4.78. The van der Waals surface area contributed by atoms with E-state index in [0.29, 0.717) is 6.04 Å². The Hall–Kier alpha value is -0.0800. The molecule has 0 radical (unpaired) electrons. The molecule has 0 aliphatic carbocycles. The summed E-state index contributed by atoms with van der Waals surface area (Å²) in [7, 11) is 0. The maximum absolute atomic E-state index is 5.49. The topological polar surface area (TPSA) is 38.0 Å². The number of rotatable bonds is 7. The van der Waals surface area contributed by atoms with Crippen molar-refractivity contribution >= 4 is 0 Å². The molecule has 2 nitrogen and oxygen atoms in total. The number of hydrogen-bond donors (Lipinski definition) is 2. The minimum Gasteiger partial charge on any atom is -0.330 e. The summed E-state index contributed by atoms with van der Waals surface area (Å²) in [6.45, 7) is 6.35. The molecule has 1 unspecified atom stereocenters. The predicted molar refractivity (Wildman–Crippen MR) is 50.7 cm³/mol. The highest BCUT2D eigenvalue weighted by atomic mass is 14.9. The molecule has 0 saturated heterocycles. The van der Waals surface area contributed by atoms with Crippen LogP contribution in [0.2, 0.25) is 0 Å². The summed E-state index contributed by atoms with van der Waals surface area (Å²) in [4.78, 5) is 0. The SMILES string of the molecule is CCCNC(CCC)CCN. The van der Waals surface area contributed by atoms with E-state index in [1.54, 1.807) is 0 Å². The largest absolute Gasteiger partial charge is 0.330 e. The molecule has 0 heterocycles. The van der Waals surface area contributed by atoms with Crippen LogP contribution in [0.25, 0.3) is 0 Å². The van der Waals surface area contributed by atoms with Gasteiger partial charge in [-0.2, -0.15) is 0 Å². The summed E-state index contributed by atoms with van der Waals surface area (Å²) in [6, 6.07) is 0.657. The molecule has 0 rings (SSSR count). The molecule has 0 aliphatic rings. The first-order valence-corrected chi connectivity index (χ1v) is 4.78. The lowest BCUT2D eigenvalue weighted by molar-refractivity contribution is 0.453. The summed E-state index contributed by atoms with van der Waals surface area (Å²) in [5, 5.41) is 3.49. The lowest BCUT2D eigenvalue weighted by atomic mass is 10.1. The Kier molecular flexibility index (Phi) is 7.96. The molecule has 0 aliphatic heterocycles. The second-order valence-electron chi connectivity index (χ2n) is 3.02. The van der Waals surface area contributed by atoms with E-state index in [9.17, 15) is 0 Å². The molecule has 2 heteroatoms. The normalized spacial score (nSPS) is 13.4. The fourth-order valence-electron chi connectivity index (χ4n) is 1.25. The van der Waals surface area contributed by atoms with Crippen LogP contribution in [-0.4, -0.2) is 19.1 Å². The van der Waals surface area contributed by atoms with Crippen molar-refractivity contribution in [3.63, 3.8) is 0 Å². The molecule has 0 spiro atoms. The zero-order valence-electron chi connectivity index (χ0n) is 7.90. The van der Waals surface area contributed by atoms with E-state index >= 15 is 0 Å². The van der Waals surface area contributed by atoms with Gasteiger partial charge in [0.05, 0.1) is 0 Å². The Balaban J connectivity index is 3.34. The summed E-state index contributed by atoms with van der Waals surface area (Å²) in [5.74, 6) is 0. The van der Waals surface area contributed by atoms with E-state index in [-0.39, 0.29) is 0 Å². The quantitative estimate of drug-likeness (QED) is 0.589. The molecular weight excluding hydrogens is 136 g/mol. The summed E-state index contributed by atoms with van der Waals surface area (Å²) in [6.07, 6.45) is 4.84. The average molecular weight is 158 g/mol. The van der Waals surface area contributed by atoms with Crippen LogP contribution in [0.4, 0.5) is 0 Å². The van der Waals surface area contributed by atoms with Gasteiger partial charge < -0.3 is 11.1 Å². The van der Waals surface area contributed by atoms with Crippen molar-refractivity contribution in [2.75, 3.05) is 13.1 Å². The molecule has 0 amide bonds. The van der Waals surface area contributed by atoms with Gasteiger partial charge in [0.25, 0.3) is 0 Å². The smallest absolute Gasteiger partial charge is 0.00789 e. The monoisotopic (exact) mass is 158 g/mol. The van der Waals surface area contributed by atoms with Crippen molar-refractivity contribution in [3.05, 3.63) is 0 Å². The van der Waals surface area contributed by atoms with Crippen LogP contribution in [0, 0.1) is 0 Å². The molecule has 0 fully saturated rings. The van der Waals surface area contributed by atoms with Gasteiger partial charge in [-0.25, -0.2) is 0 Å². The molecule has 0 aromatic carbocycles. The number of nitrogens with two attached hydrogens (primary N) is 1. The summed E-state index contributed by atoms with van der Waals surface area (Å²) >= 11 is 0. The van der Waals surface area contributed by atoms with Crippen molar-refractivity contribution in [1.29, 1.82) is 0 Å². The van der Waals surface area contributed by atoms with Gasteiger partial charge in [-0.05, 0) is 32.4 Å². The lowest BCUT2D eigenvalue weighted by Gasteiger charge is -2.16. The van der Waals surface area contributed by atoms with Gasteiger partial charge in [-0.15, -0.1) is 0 Å². The van der Waals surface area contributed by atoms with Gasteiger partial charge in [0.1, 0.15) is 0 Å². The lowest BCUT2D eigenvalue weighted by Crippen LogP contribution is -2.31. The highest BCUT2D eigenvalue weighted by Crippen LogP contribution is 1.99. The maximum Gasteiger partial charge on any atom is 0.00789 e. The van der Waals surface area contributed by atoms with E-state index in [1.165, 1.54) is 19.3 Å². The second kappa shape index (κ2) is 8.02. The van der Waals surface area contributed by atoms with Gasteiger partial charge in [0, 0.05) is 6.04 Å². The van der Waals surface area contributed by atoms with Crippen molar-refractivity contribution < 1.29 is 0 Å². The Morgan fingerprint density at radius 3 is 2.36 bits per heavy atom. The van der Waals surface area contributed by atoms with Crippen LogP contribution in [0.15, 0.2) is 0 Å². The third kappa shape index (κ3) is 6.32. The fourth-order valence-corrected chi connectivity index (χ4v) is 1.25. The minimum atomic E-state index is 0.657. The minimum absolute atomic E-state index is 0.657. The first kappa shape index (κ1) is 10.9. The van der Waals surface area contributed by atoms with Crippen LogP contribution in [0.3, 0.4) is 0 Å². The molecular formula is C9H22N2. The molecule has 0 bridgehead atoms. The van der Waals surface area contributed by atoms with Crippen LogP contribution < -0.4 is 11.1 Å². The van der Waals surface area contributed by atoms with Gasteiger partial charge in [-0.1, -0.05) is 20.3 Å². The molecule has 0 aromatic rings. The number of hydrogen-bond acceptors (Lipinski definition) is 2. The van der Waals surface area contributed by atoms with Crippen LogP contribution in [0.5, 0.6) is 0 Å². The van der Waals surface area contributed by atoms with Gasteiger partial charge in [-0.3, -0.25) is 0 Å². The van der Waals surface area contributed by atoms with E-state index in [0.717, 1.165) is 19.5 Å². The van der Waals surface area contributed by atoms with E-state index in [2.05, 4.69) is 19.2 Å². The average Bonchev–Trinajstić information content (AvgIpc) is 2.01. The zero-order valence-corrected chi connectivity index (χ0v) is 7.90. The van der Waals surface area contributed by atoms with Crippen molar-refractivity contribution in [1.82, 2.24) is 5.32 Å². The van der Waals surface area contributed by atoms with Crippen LogP contribution >= 0.6 is 0 Å². The predicted octanol–water partition coefficient (Wildman–Crippen LogP) is 1.50. The Morgan fingerprint density at radius 2 is 1.91 bits per heavy atom. The first-order chi connectivity index (χ1) is 5.35. The highest BCUT2D eigenvalue weighted by Gasteiger charge is 2.03. The zero-order chi connectivity index (χ0) is 8.53. The Labute approximate surface area is 70.5 Å². The maximum atomic E-state index is 5.49. The third-order valence-corrected chi connectivity index (χ3v) is 1.84. The molecule has 11 heavy (non-hydrogen) atoms. The summed E-state index contributed by atoms with van der Waals surface area (Å²) in [5.41, 5.74) is 5.49. The van der Waals surface area contributed by atoms with E-state index in [4.69, 9.17) is 5.73 Å². The van der Waals surface area contributed by atoms with Crippen molar-refractivity contribution in [2.24, 2.45) is 5.73 Å². The molecule has 68 valence electrons. The second-order valence-corrected chi connectivity index (χ2v) is 3.02. The third-order valence-electron chi connectivity index (χ3n) is 1.84. The van der Waals surface area contributed by atoms with E-state index in [1.807, 2.05) is 0 Å². The molecule has 0 saturated carbocycles. The standard InChI is InChI=1S/C9H22N2/c1-3-5-9(6-7-10)11-8-4-2/h9,11H,3-8,10H2,1-2H3. The fraction of sp³-hybridized carbons (Fsp3) is 1.00. The van der Waals surface area contributed by atoms with Gasteiger partial charge >= 0.3 is 0 Å². The molecule has 0 aromatic heterocycles. The number of nitrogens with one attached hydrogen (secondary N) is 1. The summed E-state index contributed by atoms with van der Waals surface area (Å²) < 4.78 is 0.